The Morgan fingerprint density at radius 2 is 2.15 bits per heavy atom. The molecule has 1 aliphatic heterocycles. The molecule has 1 aromatic heterocycles. The Hall–Kier alpha value is -1.98. The predicted molar refractivity (Wildman–Crippen MR) is 74.2 cm³/mol. The number of hydrogen-bond acceptors (Lipinski definition) is 4. The number of aliphatic hydroxyl groups excluding tert-OH is 1. The highest BCUT2D eigenvalue weighted by molar-refractivity contribution is 5.82. The van der Waals surface area contributed by atoms with Gasteiger partial charge < -0.3 is 10.2 Å². The number of benzene rings is 1. The standard InChI is InChI=1S/C15H16N2O3/c18-11-7-14(15(19)20)17(9-11)8-10-5-6-16-13-4-2-1-3-12(10)13/h1-6,11,14,18H,7-9H2,(H,19,20). The van der Waals surface area contributed by atoms with Crippen LogP contribution in [0.2, 0.25) is 0 Å². The van der Waals surface area contributed by atoms with E-state index in [-0.39, 0.29) is 0 Å². The molecule has 2 atom stereocenters. The van der Waals surface area contributed by atoms with E-state index >= 15 is 0 Å². The molecule has 0 spiro atoms. The van der Waals surface area contributed by atoms with Gasteiger partial charge in [-0.15, -0.1) is 0 Å². The molecule has 0 saturated carbocycles. The summed E-state index contributed by atoms with van der Waals surface area (Å²) in [6.45, 7) is 0.907. The molecule has 1 aliphatic rings. The summed E-state index contributed by atoms with van der Waals surface area (Å²) in [6.07, 6.45) is 1.46. The number of fused-ring (bicyclic) bond motifs is 1. The lowest BCUT2D eigenvalue weighted by atomic mass is 10.1. The second-order valence-corrected chi connectivity index (χ2v) is 5.16. The van der Waals surface area contributed by atoms with Crippen LogP contribution in [0.1, 0.15) is 12.0 Å². The van der Waals surface area contributed by atoms with E-state index in [9.17, 15) is 15.0 Å². The second kappa shape index (κ2) is 5.19. The van der Waals surface area contributed by atoms with Gasteiger partial charge in [-0.3, -0.25) is 14.7 Å². The number of carboxylic acid groups (broad SMARTS) is 1. The molecular formula is C15H16N2O3. The van der Waals surface area contributed by atoms with Gasteiger partial charge in [-0.2, -0.15) is 0 Å². The quantitative estimate of drug-likeness (QED) is 0.880. The van der Waals surface area contributed by atoms with Gasteiger partial charge in [-0.25, -0.2) is 0 Å². The van der Waals surface area contributed by atoms with Gasteiger partial charge >= 0.3 is 5.97 Å². The van der Waals surface area contributed by atoms with E-state index in [2.05, 4.69) is 4.98 Å². The van der Waals surface area contributed by atoms with Crippen LogP contribution in [0, 0.1) is 0 Å². The number of carboxylic acids is 1. The summed E-state index contributed by atoms with van der Waals surface area (Å²) in [7, 11) is 0. The number of likely N-dealkylation sites (tertiary alicyclic amines) is 1. The maximum Gasteiger partial charge on any atom is 0.321 e. The fourth-order valence-electron chi connectivity index (χ4n) is 2.82. The lowest BCUT2D eigenvalue weighted by Crippen LogP contribution is -2.35. The van der Waals surface area contributed by atoms with Crippen LogP contribution in [0.4, 0.5) is 0 Å². The number of rotatable bonds is 3. The molecule has 0 radical (unpaired) electrons. The fourth-order valence-corrected chi connectivity index (χ4v) is 2.82. The van der Waals surface area contributed by atoms with Crippen LogP contribution in [0.25, 0.3) is 10.9 Å². The van der Waals surface area contributed by atoms with E-state index in [4.69, 9.17) is 0 Å². The van der Waals surface area contributed by atoms with Crippen LogP contribution in [-0.4, -0.2) is 44.8 Å². The molecule has 3 rings (SSSR count). The molecule has 5 nitrogen and oxygen atoms in total. The number of para-hydroxylation sites is 1. The average molecular weight is 272 g/mol. The molecule has 5 heteroatoms. The summed E-state index contributed by atoms with van der Waals surface area (Å²) >= 11 is 0. The molecule has 1 saturated heterocycles. The van der Waals surface area contributed by atoms with Crippen LogP contribution in [0.15, 0.2) is 36.5 Å². The van der Waals surface area contributed by atoms with Crippen molar-refractivity contribution >= 4 is 16.9 Å². The zero-order chi connectivity index (χ0) is 14.1. The Morgan fingerprint density at radius 3 is 2.95 bits per heavy atom. The Morgan fingerprint density at radius 1 is 1.35 bits per heavy atom. The number of aliphatic carboxylic acids is 1. The molecule has 0 amide bonds. The summed E-state index contributed by atoms with van der Waals surface area (Å²) in [5.74, 6) is -0.875. The second-order valence-electron chi connectivity index (χ2n) is 5.16. The van der Waals surface area contributed by atoms with E-state index in [1.165, 1.54) is 0 Å². The van der Waals surface area contributed by atoms with Crippen LogP contribution in [-0.2, 0) is 11.3 Å². The molecule has 2 unspecified atom stereocenters. The van der Waals surface area contributed by atoms with Crippen molar-refractivity contribution in [2.24, 2.45) is 0 Å². The zero-order valence-corrected chi connectivity index (χ0v) is 10.9. The van der Waals surface area contributed by atoms with E-state index in [0.29, 0.717) is 19.5 Å². The minimum atomic E-state index is -0.875. The largest absolute Gasteiger partial charge is 0.480 e. The van der Waals surface area contributed by atoms with Gasteiger partial charge in [0.25, 0.3) is 0 Å². The van der Waals surface area contributed by atoms with E-state index < -0.39 is 18.1 Å². The maximum absolute atomic E-state index is 11.2. The number of hydrogen-bond donors (Lipinski definition) is 2. The summed E-state index contributed by atoms with van der Waals surface area (Å²) in [5.41, 5.74) is 1.94. The first-order valence-electron chi connectivity index (χ1n) is 6.62. The van der Waals surface area contributed by atoms with Crippen molar-refractivity contribution in [1.82, 2.24) is 9.88 Å². The number of β-amino-alcohol motifs (C(OH)–C–C–N with tert-alkyl or cyclic N) is 1. The van der Waals surface area contributed by atoms with Gasteiger partial charge in [0.15, 0.2) is 0 Å². The molecule has 1 aromatic carbocycles. The molecule has 20 heavy (non-hydrogen) atoms. The van der Waals surface area contributed by atoms with Crippen molar-refractivity contribution in [2.45, 2.75) is 25.1 Å². The van der Waals surface area contributed by atoms with Gasteiger partial charge in [0.1, 0.15) is 6.04 Å². The summed E-state index contributed by atoms with van der Waals surface area (Å²) < 4.78 is 0. The van der Waals surface area contributed by atoms with Gasteiger partial charge in [0.2, 0.25) is 0 Å². The normalized spacial score (nSPS) is 23.2. The summed E-state index contributed by atoms with van der Waals surface area (Å²) in [6, 6.07) is 9.09. The Bertz CT molecular complexity index is 639. The maximum atomic E-state index is 11.2. The van der Waals surface area contributed by atoms with Crippen molar-refractivity contribution in [3.63, 3.8) is 0 Å². The topological polar surface area (TPSA) is 73.7 Å². The highest BCUT2D eigenvalue weighted by Crippen LogP contribution is 2.24. The van der Waals surface area contributed by atoms with Crippen molar-refractivity contribution in [3.05, 3.63) is 42.1 Å². The number of pyridine rings is 1. The number of aliphatic hydroxyl groups is 1. The molecular weight excluding hydrogens is 256 g/mol. The third-order valence-corrected chi connectivity index (χ3v) is 3.78. The lowest BCUT2D eigenvalue weighted by molar-refractivity contribution is -0.142. The van der Waals surface area contributed by atoms with Gasteiger partial charge in [-0.05, 0) is 17.7 Å². The molecule has 2 heterocycles. The van der Waals surface area contributed by atoms with Gasteiger partial charge in [0, 0.05) is 31.1 Å². The van der Waals surface area contributed by atoms with Crippen molar-refractivity contribution in [3.8, 4) is 0 Å². The average Bonchev–Trinajstić information content (AvgIpc) is 2.80. The summed E-state index contributed by atoms with van der Waals surface area (Å²) in [5, 5.41) is 19.9. The third-order valence-electron chi connectivity index (χ3n) is 3.78. The predicted octanol–water partition coefficient (Wildman–Crippen LogP) is 1.25. The lowest BCUT2D eigenvalue weighted by Gasteiger charge is -2.21. The van der Waals surface area contributed by atoms with Crippen LogP contribution in [0.5, 0.6) is 0 Å². The highest BCUT2D eigenvalue weighted by atomic mass is 16.4. The van der Waals surface area contributed by atoms with Crippen LogP contribution >= 0.6 is 0 Å². The minimum Gasteiger partial charge on any atom is -0.480 e. The summed E-state index contributed by atoms with van der Waals surface area (Å²) in [4.78, 5) is 17.4. The van der Waals surface area contributed by atoms with Crippen LogP contribution in [0.3, 0.4) is 0 Å². The minimum absolute atomic E-state index is 0.290. The molecule has 1 fully saturated rings. The number of carbonyl (C=O) groups is 1. The van der Waals surface area contributed by atoms with Gasteiger partial charge in [-0.1, -0.05) is 18.2 Å². The molecule has 104 valence electrons. The Balaban J connectivity index is 1.91. The van der Waals surface area contributed by atoms with Crippen molar-refractivity contribution in [1.29, 1.82) is 0 Å². The number of nitrogens with zero attached hydrogens (tertiary/aromatic N) is 2. The molecule has 0 aliphatic carbocycles. The Labute approximate surface area is 116 Å². The number of aromatic nitrogens is 1. The monoisotopic (exact) mass is 272 g/mol. The van der Waals surface area contributed by atoms with Crippen molar-refractivity contribution in [2.75, 3.05) is 6.54 Å². The molecule has 0 bridgehead atoms. The SMILES string of the molecule is O=C(O)C1CC(O)CN1Cc1ccnc2ccccc12. The third kappa shape index (κ3) is 2.37. The first kappa shape index (κ1) is 13.0. The first-order chi connectivity index (χ1) is 9.65. The van der Waals surface area contributed by atoms with Gasteiger partial charge in [0.05, 0.1) is 11.6 Å². The Kier molecular flexibility index (Phi) is 3.38. The van der Waals surface area contributed by atoms with Crippen molar-refractivity contribution < 1.29 is 15.0 Å². The van der Waals surface area contributed by atoms with E-state index in [1.54, 1.807) is 6.20 Å². The van der Waals surface area contributed by atoms with Crippen LogP contribution < -0.4 is 0 Å². The first-order valence-corrected chi connectivity index (χ1v) is 6.62. The zero-order valence-electron chi connectivity index (χ0n) is 10.9. The fraction of sp³-hybridized carbons (Fsp3) is 0.333. The highest BCUT2D eigenvalue weighted by Gasteiger charge is 2.35. The molecule has 2 aromatic rings. The molecule has 2 N–H and O–H groups in total. The van der Waals surface area contributed by atoms with E-state index in [0.717, 1.165) is 16.5 Å². The smallest absolute Gasteiger partial charge is 0.321 e. The van der Waals surface area contributed by atoms with E-state index in [1.807, 2.05) is 35.2 Å².